The zero-order valence-electron chi connectivity index (χ0n) is 10.0. The molecule has 0 radical (unpaired) electrons. The van der Waals surface area contributed by atoms with Crippen LogP contribution in [0.5, 0.6) is 0 Å². The lowest BCUT2D eigenvalue weighted by Gasteiger charge is -2.33. The molecule has 2 saturated heterocycles. The Morgan fingerprint density at radius 3 is 2.88 bits per heavy atom. The number of nitrogens with one attached hydrogen (secondary N) is 1. The molecule has 1 aromatic carbocycles. The van der Waals surface area contributed by atoms with Crippen molar-refractivity contribution in [2.45, 2.75) is 37.8 Å². The summed E-state index contributed by atoms with van der Waals surface area (Å²) in [7, 11) is 0. The van der Waals surface area contributed by atoms with Crippen molar-refractivity contribution in [2.75, 3.05) is 18.4 Å². The second-order valence-electron chi connectivity index (χ2n) is 5.12. The number of benzene rings is 1. The summed E-state index contributed by atoms with van der Waals surface area (Å²) in [6.07, 6.45) is 5.43. The first-order valence-electron chi connectivity index (χ1n) is 6.60. The Morgan fingerprint density at radius 1 is 1.12 bits per heavy atom. The van der Waals surface area contributed by atoms with E-state index in [1.807, 2.05) is 0 Å². The maximum absolute atomic E-state index is 3.72. The Kier molecular flexibility index (Phi) is 3.39. The molecule has 92 valence electrons. The Hall–Kier alpha value is -0.540. The number of anilines is 1. The molecule has 0 aromatic heterocycles. The van der Waals surface area contributed by atoms with E-state index in [1.165, 1.54) is 48.9 Å². The van der Waals surface area contributed by atoms with Gasteiger partial charge in [0.05, 0.1) is 0 Å². The predicted molar refractivity (Wildman–Crippen MR) is 75.4 cm³/mol. The minimum atomic E-state index is 0.633. The van der Waals surface area contributed by atoms with Gasteiger partial charge in [0, 0.05) is 28.8 Å². The fourth-order valence-corrected chi connectivity index (χ4v) is 3.59. The fraction of sp³-hybridized carbons (Fsp3) is 0.571. The van der Waals surface area contributed by atoms with Crippen LogP contribution in [0.3, 0.4) is 0 Å². The minimum absolute atomic E-state index is 0.633. The van der Waals surface area contributed by atoms with Gasteiger partial charge in [-0.25, -0.2) is 0 Å². The fourth-order valence-electron chi connectivity index (χ4n) is 3.19. The van der Waals surface area contributed by atoms with Crippen LogP contribution in [-0.2, 0) is 0 Å². The summed E-state index contributed by atoms with van der Waals surface area (Å²) in [4.78, 5) is 2.66. The third-order valence-electron chi connectivity index (χ3n) is 4.07. The summed E-state index contributed by atoms with van der Waals surface area (Å²) in [5, 5.41) is 3.72. The molecular weight excluding hydrogens is 276 g/mol. The summed E-state index contributed by atoms with van der Waals surface area (Å²) in [6, 6.07) is 9.83. The van der Waals surface area contributed by atoms with Crippen molar-refractivity contribution in [1.29, 1.82) is 0 Å². The van der Waals surface area contributed by atoms with Crippen LogP contribution < -0.4 is 5.32 Å². The molecule has 0 aliphatic carbocycles. The molecule has 0 bridgehead atoms. The predicted octanol–water partition coefficient (Wildman–Crippen LogP) is 3.49. The van der Waals surface area contributed by atoms with E-state index in [1.54, 1.807) is 0 Å². The first-order valence-corrected chi connectivity index (χ1v) is 7.39. The lowest BCUT2D eigenvalue weighted by atomic mass is 9.99. The Balaban J connectivity index is 1.71. The van der Waals surface area contributed by atoms with Gasteiger partial charge in [0.15, 0.2) is 0 Å². The van der Waals surface area contributed by atoms with Gasteiger partial charge in [0.1, 0.15) is 0 Å². The van der Waals surface area contributed by atoms with E-state index in [2.05, 4.69) is 50.4 Å². The van der Waals surface area contributed by atoms with Gasteiger partial charge < -0.3 is 5.32 Å². The average Bonchev–Trinajstić information content (AvgIpc) is 2.76. The van der Waals surface area contributed by atoms with Crippen LogP contribution in [0.25, 0.3) is 0 Å². The normalized spacial score (nSPS) is 29.0. The molecule has 0 saturated carbocycles. The summed E-state index contributed by atoms with van der Waals surface area (Å²) < 4.78 is 1.18. The molecule has 2 heterocycles. The van der Waals surface area contributed by atoms with Crippen molar-refractivity contribution >= 4 is 21.6 Å². The number of piperidine rings is 1. The quantitative estimate of drug-likeness (QED) is 0.898. The summed E-state index contributed by atoms with van der Waals surface area (Å²) >= 11 is 3.62. The maximum Gasteiger partial charge on any atom is 0.0487 e. The summed E-state index contributed by atoms with van der Waals surface area (Å²) in [5.74, 6) is 0. The average molecular weight is 295 g/mol. The molecule has 17 heavy (non-hydrogen) atoms. The third kappa shape index (κ3) is 2.36. The first-order chi connectivity index (χ1) is 8.34. The number of halogens is 1. The molecule has 2 aliphatic rings. The van der Waals surface area contributed by atoms with Crippen molar-refractivity contribution in [3.8, 4) is 0 Å². The van der Waals surface area contributed by atoms with Crippen LogP contribution in [-0.4, -0.2) is 30.1 Å². The first kappa shape index (κ1) is 11.5. The largest absolute Gasteiger partial charge is 0.380 e. The van der Waals surface area contributed by atoms with Gasteiger partial charge in [-0.15, -0.1) is 0 Å². The van der Waals surface area contributed by atoms with E-state index in [-0.39, 0.29) is 0 Å². The van der Waals surface area contributed by atoms with Crippen molar-refractivity contribution in [2.24, 2.45) is 0 Å². The second kappa shape index (κ2) is 4.99. The summed E-state index contributed by atoms with van der Waals surface area (Å²) in [6.45, 7) is 2.57. The molecule has 2 unspecified atom stereocenters. The Labute approximate surface area is 112 Å². The van der Waals surface area contributed by atoms with E-state index >= 15 is 0 Å². The molecule has 2 nitrogen and oxygen atoms in total. The highest BCUT2D eigenvalue weighted by molar-refractivity contribution is 9.10. The highest BCUT2D eigenvalue weighted by Gasteiger charge is 2.35. The number of hydrogen-bond acceptors (Lipinski definition) is 2. The van der Waals surface area contributed by atoms with Gasteiger partial charge in [-0.2, -0.15) is 0 Å². The van der Waals surface area contributed by atoms with Crippen LogP contribution in [0.4, 0.5) is 5.69 Å². The molecule has 1 aromatic rings. The SMILES string of the molecule is Brc1ccccc1NC1CCN2CCCCC12. The van der Waals surface area contributed by atoms with Crippen LogP contribution in [0.2, 0.25) is 0 Å². The van der Waals surface area contributed by atoms with E-state index in [0.29, 0.717) is 6.04 Å². The van der Waals surface area contributed by atoms with Gasteiger partial charge in [0.25, 0.3) is 0 Å². The van der Waals surface area contributed by atoms with E-state index in [4.69, 9.17) is 0 Å². The van der Waals surface area contributed by atoms with Crippen LogP contribution in [0.15, 0.2) is 28.7 Å². The summed E-state index contributed by atoms with van der Waals surface area (Å²) in [5.41, 5.74) is 1.24. The monoisotopic (exact) mass is 294 g/mol. The molecule has 0 spiro atoms. The van der Waals surface area contributed by atoms with Crippen LogP contribution in [0, 0.1) is 0 Å². The highest BCUT2D eigenvalue weighted by Crippen LogP contribution is 2.31. The minimum Gasteiger partial charge on any atom is -0.380 e. The van der Waals surface area contributed by atoms with Gasteiger partial charge in [-0.1, -0.05) is 18.6 Å². The maximum atomic E-state index is 3.72. The molecular formula is C14H19BrN2. The van der Waals surface area contributed by atoms with Crippen molar-refractivity contribution < 1.29 is 0 Å². The molecule has 0 amide bonds. The van der Waals surface area contributed by atoms with Crippen LogP contribution >= 0.6 is 15.9 Å². The number of fused-ring (bicyclic) bond motifs is 1. The second-order valence-corrected chi connectivity index (χ2v) is 5.97. The van der Waals surface area contributed by atoms with E-state index in [0.717, 1.165) is 6.04 Å². The molecule has 2 aliphatic heterocycles. The van der Waals surface area contributed by atoms with Crippen molar-refractivity contribution in [3.63, 3.8) is 0 Å². The van der Waals surface area contributed by atoms with Crippen molar-refractivity contribution in [3.05, 3.63) is 28.7 Å². The lowest BCUT2D eigenvalue weighted by Crippen LogP contribution is -2.41. The topological polar surface area (TPSA) is 15.3 Å². The van der Waals surface area contributed by atoms with Crippen LogP contribution in [0.1, 0.15) is 25.7 Å². The smallest absolute Gasteiger partial charge is 0.0487 e. The van der Waals surface area contributed by atoms with Crippen molar-refractivity contribution in [1.82, 2.24) is 4.90 Å². The molecule has 2 fully saturated rings. The Bertz CT molecular complexity index is 394. The number of nitrogens with zero attached hydrogens (tertiary/aromatic N) is 1. The van der Waals surface area contributed by atoms with Gasteiger partial charge in [0.2, 0.25) is 0 Å². The molecule has 3 rings (SSSR count). The molecule has 3 heteroatoms. The highest BCUT2D eigenvalue weighted by atomic mass is 79.9. The standard InChI is InChI=1S/C14H19BrN2/c15-11-5-1-2-6-12(11)16-13-8-10-17-9-4-3-7-14(13)17/h1-2,5-6,13-14,16H,3-4,7-10H2. The lowest BCUT2D eigenvalue weighted by molar-refractivity contribution is 0.193. The molecule has 1 N–H and O–H groups in total. The van der Waals surface area contributed by atoms with E-state index in [9.17, 15) is 0 Å². The zero-order valence-corrected chi connectivity index (χ0v) is 11.6. The number of para-hydroxylation sites is 1. The number of hydrogen-bond donors (Lipinski definition) is 1. The molecule has 2 atom stereocenters. The van der Waals surface area contributed by atoms with E-state index < -0.39 is 0 Å². The van der Waals surface area contributed by atoms with Gasteiger partial charge in [-0.3, -0.25) is 4.90 Å². The van der Waals surface area contributed by atoms with Gasteiger partial charge in [-0.05, 0) is 53.9 Å². The Morgan fingerprint density at radius 2 is 2.00 bits per heavy atom. The number of rotatable bonds is 2. The third-order valence-corrected chi connectivity index (χ3v) is 4.76. The zero-order chi connectivity index (χ0) is 11.7. The van der Waals surface area contributed by atoms with Gasteiger partial charge >= 0.3 is 0 Å².